The predicted molar refractivity (Wildman–Crippen MR) is 94.6 cm³/mol. The van der Waals surface area contributed by atoms with Gasteiger partial charge in [-0.1, -0.05) is 29.3 Å². The van der Waals surface area contributed by atoms with E-state index < -0.39 is 12.0 Å². The number of ether oxygens (including phenoxy) is 1. The monoisotopic (exact) mass is 346 g/mol. The summed E-state index contributed by atoms with van der Waals surface area (Å²) in [5.41, 5.74) is 8.23. The van der Waals surface area contributed by atoms with E-state index in [-0.39, 0.29) is 17.2 Å². The number of anilines is 1. The van der Waals surface area contributed by atoms with Crippen LogP contribution in [0.1, 0.15) is 28.4 Å². The molecule has 0 radical (unpaired) electrons. The molecule has 0 fully saturated rings. The fraction of sp³-hybridized carbons (Fsp3) is 0.222. The van der Waals surface area contributed by atoms with Gasteiger partial charge in [0.1, 0.15) is 5.75 Å². The molecule has 126 valence electrons. The normalized spacial score (nSPS) is 11.7. The van der Waals surface area contributed by atoms with Gasteiger partial charge in [0.05, 0.1) is 5.56 Å². The first-order valence-electron chi connectivity index (χ1n) is 7.42. The Hall–Kier alpha value is -2.53. The molecule has 2 aromatic rings. The molecule has 1 atom stereocenters. The number of carbonyl (C=O) groups is 2. The topological polar surface area (TPSA) is 81.4 Å². The Labute approximate surface area is 145 Å². The van der Waals surface area contributed by atoms with E-state index in [9.17, 15) is 9.59 Å². The summed E-state index contributed by atoms with van der Waals surface area (Å²) in [4.78, 5) is 23.8. The molecule has 0 aromatic heterocycles. The van der Waals surface area contributed by atoms with E-state index in [4.69, 9.17) is 22.1 Å². The van der Waals surface area contributed by atoms with Gasteiger partial charge in [-0.15, -0.1) is 0 Å². The van der Waals surface area contributed by atoms with Gasteiger partial charge >= 0.3 is 0 Å². The molecule has 2 amide bonds. The van der Waals surface area contributed by atoms with Crippen LogP contribution in [0.15, 0.2) is 36.4 Å². The second-order valence-electron chi connectivity index (χ2n) is 5.57. The Balaban J connectivity index is 2.13. The third-order valence-corrected chi connectivity index (χ3v) is 3.75. The van der Waals surface area contributed by atoms with E-state index in [0.717, 1.165) is 11.1 Å². The predicted octanol–water partition coefficient (Wildman–Crippen LogP) is 3.46. The Kier molecular flexibility index (Phi) is 5.46. The number of rotatable bonds is 5. The molecule has 2 aromatic carbocycles. The highest BCUT2D eigenvalue weighted by molar-refractivity contribution is 6.31. The highest BCUT2D eigenvalue weighted by atomic mass is 35.5. The van der Waals surface area contributed by atoms with Crippen molar-refractivity contribution in [3.63, 3.8) is 0 Å². The Morgan fingerprint density at radius 1 is 1.17 bits per heavy atom. The van der Waals surface area contributed by atoms with E-state index in [0.29, 0.717) is 10.7 Å². The first-order chi connectivity index (χ1) is 11.3. The van der Waals surface area contributed by atoms with Crippen molar-refractivity contribution in [3.8, 4) is 5.75 Å². The van der Waals surface area contributed by atoms with Gasteiger partial charge in [0.15, 0.2) is 6.10 Å². The molecule has 1 unspecified atom stereocenters. The molecule has 0 heterocycles. The van der Waals surface area contributed by atoms with Crippen molar-refractivity contribution < 1.29 is 14.3 Å². The van der Waals surface area contributed by atoms with Crippen molar-refractivity contribution in [2.24, 2.45) is 5.73 Å². The summed E-state index contributed by atoms with van der Waals surface area (Å²) in [6.07, 6.45) is -0.815. The number of hydrogen-bond donors (Lipinski definition) is 2. The average molecular weight is 347 g/mol. The Morgan fingerprint density at radius 3 is 2.50 bits per heavy atom. The van der Waals surface area contributed by atoms with Crippen LogP contribution >= 0.6 is 11.6 Å². The largest absolute Gasteiger partial charge is 0.480 e. The summed E-state index contributed by atoms with van der Waals surface area (Å²) >= 11 is 5.85. The lowest BCUT2D eigenvalue weighted by atomic mass is 10.1. The van der Waals surface area contributed by atoms with Crippen molar-refractivity contribution in [2.45, 2.75) is 26.9 Å². The van der Waals surface area contributed by atoms with E-state index in [2.05, 4.69) is 5.32 Å². The van der Waals surface area contributed by atoms with Crippen LogP contribution in [0.5, 0.6) is 5.75 Å². The summed E-state index contributed by atoms with van der Waals surface area (Å²) in [5, 5.41) is 3.18. The molecule has 0 aliphatic heterocycles. The summed E-state index contributed by atoms with van der Waals surface area (Å²) in [7, 11) is 0. The maximum atomic E-state index is 12.3. The zero-order valence-corrected chi connectivity index (χ0v) is 14.5. The maximum Gasteiger partial charge on any atom is 0.265 e. The molecular weight excluding hydrogens is 328 g/mol. The summed E-state index contributed by atoms with van der Waals surface area (Å²) in [6, 6.07) is 10.2. The second kappa shape index (κ2) is 7.36. The second-order valence-corrected chi connectivity index (χ2v) is 6.01. The van der Waals surface area contributed by atoms with Crippen molar-refractivity contribution in [1.29, 1.82) is 0 Å². The lowest BCUT2D eigenvalue weighted by Crippen LogP contribution is -2.31. The number of nitrogens with one attached hydrogen (secondary N) is 1. The molecule has 3 N–H and O–H groups in total. The van der Waals surface area contributed by atoms with Crippen LogP contribution in [0.3, 0.4) is 0 Å². The highest BCUT2D eigenvalue weighted by Gasteiger charge is 2.19. The fourth-order valence-electron chi connectivity index (χ4n) is 2.23. The minimum Gasteiger partial charge on any atom is -0.480 e. The number of aryl methyl sites for hydroxylation is 2. The number of nitrogens with two attached hydrogens (primary N) is 1. The summed E-state index contributed by atoms with van der Waals surface area (Å²) < 4.78 is 5.59. The molecule has 0 aliphatic carbocycles. The van der Waals surface area contributed by atoms with Crippen LogP contribution in [0.25, 0.3) is 0 Å². The molecule has 0 saturated heterocycles. The van der Waals surface area contributed by atoms with Gasteiger partial charge in [-0.25, -0.2) is 0 Å². The van der Waals surface area contributed by atoms with Gasteiger partial charge < -0.3 is 15.8 Å². The third-order valence-electron chi connectivity index (χ3n) is 3.52. The van der Waals surface area contributed by atoms with Gasteiger partial charge in [0, 0.05) is 10.7 Å². The summed E-state index contributed by atoms with van der Waals surface area (Å²) in [5.74, 6) is -0.781. The smallest absolute Gasteiger partial charge is 0.265 e. The molecule has 0 spiro atoms. The van der Waals surface area contributed by atoms with Crippen molar-refractivity contribution in [2.75, 3.05) is 5.32 Å². The van der Waals surface area contributed by atoms with Gasteiger partial charge in [0.25, 0.3) is 11.8 Å². The van der Waals surface area contributed by atoms with Crippen LogP contribution in [-0.4, -0.2) is 17.9 Å². The van der Waals surface area contributed by atoms with E-state index >= 15 is 0 Å². The van der Waals surface area contributed by atoms with Crippen LogP contribution < -0.4 is 15.8 Å². The standard InChI is InChI=1S/C18H19ClN2O3/c1-10-4-6-15(11(2)8-10)21-18(23)12(3)24-16-7-5-13(19)9-14(16)17(20)22/h4-9,12H,1-3H3,(H2,20,22)(H,21,23). The molecule has 0 aliphatic rings. The first kappa shape index (κ1) is 17.8. The van der Waals surface area contributed by atoms with Crippen molar-refractivity contribution >= 4 is 29.1 Å². The quantitative estimate of drug-likeness (QED) is 0.869. The number of benzene rings is 2. The lowest BCUT2D eigenvalue weighted by molar-refractivity contribution is -0.122. The number of hydrogen-bond acceptors (Lipinski definition) is 3. The first-order valence-corrected chi connectivity index (χ1v) is 7.80. The van der Waals surface area contributed by atoms with Gasteiger partial charge in [-0.05, 0) is 50.6 Å². The summed E-state index contributed by atoms with van der Waals surface area (Å²) in [6.45, 7) is 5.49. The van der Waals surface area contributed by atoms with E-state index in [1.54, 1.807) is 13.0 Å². The van der Waals surface area contributed by atoms with Crippen LogP contribution in [0, 0.1) is 13.8 Å². The molecule has 5 nitrogen and oxygen atoms in total. The van der Waals surface area contributed by atoms with Crippen LogP contribution in [0.2, 0.25) is 5.02 Å². The zero-order chi connectivity index (χ0) is 17.9. The van der Waals surface area contributed by atoms with Crippen molar-refractivity contribution in [3.05, 3.63) is 58.1 Å². The number of amides is 2. The minimum absolute atomic E-state index is 0.133. The van der Waals surface area contributed by atoms with Gasteiger partial charge in [-0.3, -0.25) is 9.59 Å². The van der Waals surface area contributed by atoms with E-state index in [1.165, 1.54) is 12.1 Å². The number of halogens is 1. The molecular formula is C18H19ClN2O3. The molecule has 2 rings (SSSR count). The zero-order valence-electron chi connectivity index (χ0n) is 13.7. The average Bonchev–Trinajstić information content (AvgIpc) is 2.51. The third kappa shape index (κ3) is 4.26. The maximum absolute atomic E-state index is 12.3. The minimum atomic E-state index is -0.815. The Bertz CT molecular complexity index is 790. The lowest BCUT2D eigenvalue weighted by Gasteiger charge is -2.17. The highest BCUT2D eigenvalue weighted by Crippen LogP contribution is 2.24. The molecule has 0 saturated carbocycles. The Morgan fingerprint density at radius 2 is 1.88 bits per heavy atom. The molecule has 0 bridgehead atoms. The van der Waals surface area contributed by atoms with Gasteiger partial charge in [0.2, 0.25) is 0 Å². The molecule has 6 heteroatoms. The number of primary amides is 1. The van der Waals surface area contributed by atoms with Gasteiger partial charge in [-0.2, -0.15) is 0 Å². The van der Waals surface area contributed by atoms with E-state index in [1.807, 2.05) is 32.0 Å². The van der Waals surface area contributed by atoms with Crippen LogP contribution in [-0.2, 0) is 4.79 Å². The fourth-order valence-corrected chi connectivity index (χ4v) is 2.40. The SMILES string of the molecule is Cc1ccc(NC(=O)C(C)Oc2ccc(Cl)cc2C(N)=O)c(C)c1. The van der Waals surface area contributed by atoms with Crippen molar-refractivity contribution in [1.82, 2.24) is 0 Å². The number of carbonyl (C=O) groups excluding carboxylic acids is 2. The molecule has 24 heavy (non-hydrogen) atoms. The van der Waals surface area contributed by atoms with Crippen LogP contribution in [0.4, 0.5) is 5.69 Å².